The molecule has 3 amide bonds. The van der Waals surface area contributed by atoms with Crippen LogP contribution in [0.5, 0.6) is 0 Å². The molecule has 0 spiro atoms. The molecule has 3 aliphatic rings. The number of rotatable bonds is 10. The maximum atomic E-state index is 12.1. The van der Waals surface area contributed by atoms with Crippen molar-refractivity contribution < 1.29 is 78.9 Å². The summed E-state index contributed by atoms with van der Waals surface area (Å²) in [6.45, 7) is 0.995. The number of nitrogens with one attached hydrogen (secondary N) is 3. The highest BCUT2D eigenvalue weighted by Gasteiger charge is 2.54. The van der Waals surface area contributed by atoms with Gasteiger partial charge in [-0.15, -0.1) is 0 Å². The summed E-state index contributed by atoms with van der Waals surface area (Å²) in [6, 6.07) is -4.31. The van der Waals surface area contributed by atoms with Crippen molar-refractivity contribution in [3.8, 4) is 0 Å². The zero-order valence-electron chi connectivity index (χ0n) is 23.6. The predicted octanol–water partition coefficient (Wildman–Crippen LogP) is -6.51. The summed E-state index contributed by atoms with van der Waals surface area (Å²) in [7, 11) is 0. The molecule has 0 saturated carbocycles. The van der Waals surface area contributed by atoms with Gasteiger partial charge in [-0.3, -0.25) is 14.4 Å². The molecule has 19 nitrogen and oxygen atoms in total. The molecular weight excluding hydrogens is 598 g/mol. The van der Waals surface area contributed by atoms with Crippen LogP contribution in [0.1, 0.15) is 28.2 Å². The van der Waals surface area contributed by atoms with Crippen LogP contribution in [0.25, 0.3) is 0 Å². The van der Waals surface area contributed by atoms with E-state index in [-0.39, 0.29) is 7.43 Å². The summed E-state index contributed by atoms with van der Waals surface area (Å²) in [6.07, 6.45) is -19.0. The molecule has 0 aromatic rings. The molecule has 19 heteroatoms. The molecule has 0 aromatic heterocycles. The number of amides is 3. The highest BCUT2D eigenvalue weighted by molar-refractivity contribution is 5.74. The topological polar surface area (TPSA) is 295 Å². The lowest BCUT2D eigenvalue weighted by Gasteiger charge is -2.49. The summed E-state index contributed by atoms with van der Waals surface area (Å²) in [5, 5.41) is 90.0. The van der Waals surface area contributed by atoms with Gasteiger partial charge in [0.2, 0.25) is 17.7 Å². The van der Waals surface area contributed by atoms with Gasteiger partial charge >= 0.3 is 0 Å². The summed E-state index contributed by atoms with van der Waals surface area (Å²) in [5.74, 6) is -1.96. The van der Waals surface area contributed by atoms with Crippen LogP contribution in [0.2, 0.25) is 0 Å². The Morgan fingerprint density at radius 3 is 1.36 bits per heavy atom. The summed E-state index contributed by atoms with van der Waals surface area (Å²) in [5.41, 5.74) is 0. The molecule has 6 unspecified atom stereocenters. The third kappa shape index (κ3) is 8.57. The highest BCUT2D eigenvalue weighted by atomic mass is 16.7. The molecule has 3 aliphatic heterocycles. The van der Waals surface area contributed by atoms with Crippen LogP contribution in [0.15, 0.2) is 0 Å². The van der Waals surface area contributed by atoms with E-state index in [2.05, 4.69) is 16.0 Å². The van der Waals surface area contributed by atoms with Gasteiger partial charge in [-0.2, -0.15) is 0 Å². The molecule has 3 rings (SSSR count). The lowest BCUT2D eigenvalue weighted by atomic mass is 9.93. The second-order valence-electron chi connectivity index (χ2n) is 10.5. The van der Waals surface area contributed by atoms with Gasteiger partial charge in [0.1, 0.15) is 73.1 Å². The number of aliphatic hydroxyl groups is 8. The first kappa shape index (κ1) is 38.1. The molecule has 0 aliphatic carbocycles. The Bertz CT molecular complexity index is 962. The largest absolute Gasteiger partial charge is 0.394 e. The highest BCUT2D eigenvalue weighted by Crippen LogP contribution is 2.32. The first-order valence-corrected chi connectivity index (χ1v) is 13.5. The van der Waals surface area contributed by atoms with E-state index >= 15 is 0 Å². The van der Waals surface area contributed by atoms with Gasteiger partial charge in [-0.1, -0.05) is 7.43 Å². The fraction of sp³-hybridized carbons (Fsp3) is 0.880. The number of aliphatic hydroxyl groups excluding tert-OH is 8. The van der Waals surface area contributed by atoms with Crippen LogP contribution >= 0.6 is 0 Å². The Balaban J connectivity index is 0.00000675. The third-order valence-electron chi connectivity index (χ3n) is 7.30. The Hall–Kier alpha value is -2.11. The average Bonchev–Trinajstić information content (AvgIpc) is 2.94. The summed E-state index contributed by atoms with van der Waals surface area (Å²) >= 11 is 0. The first-order valence-electron chi connectivity index (χ1n) is 13.5. The van der Waals surface area contributed by atoms with Crippen LogP contribution in [0, 0.1) is 0 Å². The SMILES string of the molecule is C.CC(=O)N[C@H]1C(O)[C@H](O)C(CO)O[C@H]1O[C@@H]1C(CO)O[C@@H](O[C@@H]2C(CO)O[C@@H](O)[C@@H](NC(C)=O)C2O)[C@@H](NC(C)=O)C1O. The second kappa shape index (κ2) is 16.5. The fourth-order valence-corrected chi connectivity index (χ4v) is 5.28. The van der Waals surface area contributed by atoms with E-state index in [9.17, 15) is 55.2 Å². The van der Waals surface area contributed by atoms with Crippen molar-refractivity contribution >= 4 is 17.7 Å². The monoisotopic (exact) mass is 643 g/mol. The van der Waals surface area contributed by atoms with Crippen LogP contribution < -0.4 is 16.0 Å². The molecule has 11 N–H and O–H groups in total. The Kier molecular flexibility index (Phi) is 14.2. The van der Waals surface area contributed by atoms with Gasteiger partial charge in [-0.05, 0) is 0 Å². The molecular formula is C25H45N3O16. The molecule has 0 aromatic carbocycles. The lowest BCUT2D eigenvalue weighted by Crippen LogP contribution is -2.71. The molecule has 256 valence electrons. The van der Waals surface area contributed by atoms with Gasteiger partial charge in [-0.25, -0.2) is 0 Å². The van der Waals surface area contributed by atoms with Gasteiger partial charge in [0.05, 0.1) is 19.8 Å². The number of carbonyl (C=O) groups is 3. The van der Waals surface area contributed by atoms with E-state index in [1.54, 1.807) is 0 Å². The van der Waals surface area contributed by atoms with Gasteiger partial charge in [0, 0.05) is 20.8 Å². The van der Waals surface area contributed by atoms with Crippen molar-refractivity contribution in [2.75, 3.05) is 19.8 Å². The van der Waals surface area contributed by atoms with E-state index in [0.29, 0.717) is 0 Å². The van der Waals surface area contributed by atoms with Crippen molar-refractivity contribution in [2.24, 2.45) is 0 Å². The zero-order chi connectivity index (χ0) is 32.2. The Morgan fingerprint density at radius 1 is 0.568 bits per heavy atom. The quantitative estimate of drug-likeness (QED) is 0.105. The van der Waals surface area contributed by atoms with E-state index in [1.165, 1.54) is 0 Å². The number of hydrogen-bond acceptors (Lipinski definition) is 16. The normalized spacial score (nSPS) is 42.5. The Labute approximate surface area is 253 Å². The first-order chi connectivity index (χ1) is 20.2. The average molecular weight is 644 g/mol. The predicted molar refractivity (Wildman–Crippen MR) is 143 cm³/mol. The number of ether oxygens (including phenoxy) is 5. The maximum absolute atomic E-state index is 12.1. The zero-order valence-corrected chi connectivity index (χ0v) is 23.6. The van der Waals surface area contributed by atoms with Crippen molar-refractivity contribution in [1.82, 2.24) is 16.0 Å². The minimum absolute atomic E-state index is 0. The summed E-state index contributed by atoms with van der Waals surface area (Å²) < 4.78 is 28.3. The minimum atomic E-state index is -1.77. The smallest absolute Gasteiger partial charge is 0.217 e. The van der Waals surface area contributed by atoms with E-state index in [0.717, 1.165) is 20.8 Å². The van der Waals surface area contributed by atoms with E-state index in [4.69, 9.17) is 23.7 Å². The lowest BCUT2D eigenvalue weighted by molar-refractivity contribution is -0.351. The third-order valence-corrected chi connectivity index (χ3v) is 7.30. The molecule has 0 radical (unpaired) electrons. The molecule has 3 saturated heterocycles. The van der Waals surface area contributed by atoms with Crippen LogP contribution in [-0.2, 0) is 38.1 Å². The molecule has 15 atom stereocenters. The van der Waals surface area contributed by atoms with E-state index in [1.807, 2.05) is 0 Å². The Morgan fingerprint density at radius 2 is 0.932 bits per heavy atom. The van der Waals surface area contributed by atoms with Gasteiger partial charge in [0.25, 0.3) is 0 Å². The summed E-state index contributed by atoms with van der Waals surface area (Å²) in [4.78, 5) is 35.5. The molecule has 3 heterocycles. The minimum Gasteiger partial charge on any atom is -0.394 e. The molecule has 0 bridgehead atoms. The van der Waals surface area contributed by atoms with Gasteiger partial charge < -0.3 is 80.5 Å². The van der Waals surface area contributed by atoms with Crippen LogP contribution in [0.4, 0.5) is 0 Å². The van der Waals surface area contributed by atoms with E-state index < -0.39 is 129 Å². The van der Waals surface area contributed by atoms with Gasteiger partial charge in [0.15, 0.2) is 18.9 Å². The molecule has 3 fully saturated rings. The number of carbonyl (C=O) groups excluding carboxylic acids is 3. The van der Waals surface area contributed by atoms with Crippen molar-refractivity contribution in [3.05, 3.63) is 0 Å². The standard InChI is InChI=1S/C24H41N3O16.CH4/c1-7(31)25-13-18(36)20(11(5-29)39-22(13)38)42-24-15(27-9(3)33)19(37)21(12(6-30)41-24)43-23-14(26-8(2)32)17(35)16(34)10(4-28)40-23;/h10-24,28-30,34-38H,4-6H2,1-3H3,(H,25,31)(H,26,32)(H,27,33);1H4/t10?,11?,12?,13-,14-,15-,16+,17?,18?,19?,20+,21+,22+,23-,24-;/m0./s1. The van der Waals surface area contributed by atoms with Crippen molar-refractivity contribution in [1.29, 1.82) is 0 Å². The number of hydrogen-bond donors (Lipinski definition) is 11. The molecule has 44 heavy (non-hydrogen) atoms. The van der Waals surface area contributed by atoms with Crippen LogP contribution in [-0.4, -0.2) is 170 Å². The second-order valence-corrected chi connectivity index (χ2v) is 10.5. The van der Waals surface area contributed by atoms with Crippen LogP contribution in [0.3, 0.4) is 0 Å². The van der Waals surface area contributed by atoms with Crippen molar-refractivity contribution in [3.63, 3.8) is 0 Å². The maximum Gasteiger partial charge on any atom is 0.217 e. The van der Waals surface area contributed by atoms with Crippen molar-refractivity contribution in [2.45, 2.75) is 120 Å². The fourth-order valence-electron chi connectivity index (χ4n) is 5.28.